The van der Waals surface area contributed by atoms with Crippen molar-refractivity contribution in [2.75, 3.05) is 13.1 Å². The third-order valence-electron chi connectivity index (χ3n) is 2.23. The Morgan fingerprint density at radius 2 is 1.77 bits per heavy atom. The summed E-state index contributed by atoms with van der Waals surface area (Å²) in [6.45, 7) is 9.72. The van der Waals surface area contributed by atoms with E-state index >= 15 is 0 Å². The van der Waals surface area contributed by atoms with Crippen molar-refractivity contribution >= 4 is 5.97 Å². The van der Waals surface area contributed by atoms with Gasteiger partial charge in [0.1, 0.15) is 6.04 Å². The van der Waals surface area contributed by atoms with E-state index in [1.54, 1.807) is 0 Å². The average molecular weight is 187 g/mol. The van der Waals surface area contributed by atoms with Gasteiger partial charge in [-0.1, -0.05) is 27.7 Å². The van der Waals surface area contributed by atoms with Gasteiger partial charge in [0, 0.05) is 0 Å². The summed E-state index contributed by atoms with van der Waals surface area (Å²) < 4.78 is 0. The van der Waals surface area contributed by atoms with Crippen molar-refractivity contribution in [2.24, 2.45) is 5.92 Å². The second-order valence-electron chi connectivity index (χ2n) is 3.70. The van der Waals surface area contributed by atoms with Crippen LogP contribution in [0.2, 0.25) is 0 Å². The first-order valence-corrected chi connectivity index (χ1v) is 4.99. The van der Waals surface area contributed by atoms with Crippen molar-refractivity contribution in [2.45, 2.75) is 40.2 Å². The Hall–Kier alpha value is -0.570. The van der Waals surface area contributed by atoms with Gasteiger partial charge >= 0.3 is 5.97 Å². The summed E-state index contributed by atoms with van der Waals surface area (Å²) in [6.07, 6.45) is 0.733. The second kappa shape index (κ2) is 5.97. The van der Waals surface area contributed by atoms with Gasteiger partial charge < -0.3 is 5.11 Å². The highest BCUT2D eigenvalue weighted by Gasteiger charge is 2.23. The molecule has 0 fully saturated rings. The van der Waals surface area contributed by atoms with Crippen molar-refractivity contribution in [1.82, 2.24) is 4.90 Å². The predicted molar refractivity (Wildman–Crippen MR) is 53.8 cm³/mol. The number of hydrogen-bond acceptors (Lipinski definition) is 2. The normalized spacial score (nSPS) is 13.7. The molecule has 0 amide bonds. The van der Waals surface area contributed by atoms with Gasteiger partial charge in [0.05, 0.1) is 0 Å². The Balaban J connectivity index is 4.30. The molecule has 0 aliphatic rings. The second-order valence-corrected chi connectivity index (χ2v) is 3.70. The van der Waals surface area contributed by atoms with Crippen LogP contribution >= 0.6 is 0 Å². The van der Waals surface area contributed by atoms with E-state index in [-0.39, 0.29) is 6.04 Å². The molecule has 3 heteroatoms. The maximum absolute atomic E-state index is 11.0. The monoisotopic (exact) mass is 187 g/mol. The van der Waals surface area contributed by atoms with Crippen molar-refractivity contribution in [3.05, 3.63) is 0 Å². The first-order valence-electron chi connectivity index (χ1n) is 4.99. The molecule has 0 aliphatic carbocycles. The molecule has 0 saturated carbocycles. The van der Waals surface area contributed by atoms with E-state index in [4.69, 9.17) is 5.11 Å². The van der Waals surface area contributed by atoms with Crippen LogP contribution in [0.5, 0.6) is 0 Å². The summed E-state index contributed by atoms with van der Waals surface area (Å²) in [5, 5.41) is 9.01. The lowest BCUT2D eigenvalue weighted by atomic mass is 10.0. The fourth-order valence-corrected chi connectivity index (χ4v) is 1.52. The number of carbonyl (C=O) groups is 1. The highest BCUT2D eigenvalue weighted by Crippen LogP contribution is 2.11. The molecule has 0 unspecified atom stereocenters. The Labute approximate surface area is 80.7 Å². The molecule has 0 aromatic rings. The fraction of sp³-hybridized carbons (Fsp3) is 0.900. The molecule has 0 radical (unpaired) electrons. The molecule has 3 nitrogen and oxygen atoms in total. The first kappa shape index (κ1) is 12.4. The number of carboxylic acid groups (broad SMARTS) is 1. The smallest absolute Gasteiger partial charge is 0.320 e. The summed E-state index contributed by atoms with van der Waals surface area (Å²) >= 11 is 0. The SMILES string of the molecule is CCN(CC)[C@@H](CC(C)C)C(=O)O. The van der Waals surface area contributed by atoms with E-state index in [1.807, 2.05) is 18.7 Å². The van der Waals surface area contributed by atoms with E-state index < -0.39 is 5.97 Å². The minimum atomic E-state index is -0.697. The Morgan fingerprint density at radius 1 is 1.31 bits per heavy atom. The molecular formula is C10H21NO2. The topological polar surface area (TPSA) is 40.5 Å². The molecule has 0 heterocycles. The molecule has 0 aromatic heterocycles. The van der Waals surface area contributed by atoms with E-state index in [2.05, 4.69) is 13.8 Å². The lowest BCUT2D eigenvalue weighted by Gasteiger charge is -2.27. The van der Waals surface area contributed by atoms with Crippen molar-refractivity contribution in [3.8, 4) is 0 Å². The zero-order valence-corrected chi connectivity index (χ0v) is 9.08. The van der Waals surface area contributed by atoms with Crippen molar-refractivity contribution in [1.29, 1.82) is 0 Å². The molecule has 78 valence electrons. The third kappa shape index (κ3) is 4.27. The number of nitrogens with zero attached hydrogens (tertiary/aromatic N) is 1. The van der Waals surface area contributed by atoms with Gasteiger partial charge in [0.25, 0.3) is 0 Å². The number of aliphatic carboxylic acids is 1. The standard InChI is InChI=1S/C10H21NO2/c1-5-11(6-2)9(10(12)13)7-8(3)4/h8-9H,5-7H2,1-4H3,(H,12,13)/t9-/m0/s1. The number of hydrogen-bond donors (Lipinski definition) is 1. The van der Waals surface area contributed by atoms with E-state index in [0.717, 1.165) is 19.5 Å². The minimum Gasteiger partial charge on any atom is -0.480 e. The Bertz CT molecular complexity index is 153. The molecule has 0 aromatic carbocycles. The summed E-state index contributed by atoms with van der Waals surface area (Å²) in [5.74, 6) is -0.265. The highest BCUT2D eigenvalue weighted by atomic mass is 16.4. The fourth-order valence-electron chi connectivity index (χ4n) is 1.52. The maximum Gasteiger partial charge on any atom is 0.320 e. The molecule has 13 heavy (non-hydrogen) atoms. The van der Waals surface area contributed by atoms with E-state index in [1.165, 1.54) is 0 Å². The van der Waals surface area contributed by atoms with Crippen LogP contribution in [0, 0.1) is 5.92 Å². The van der Waals surface area contributed by atoms with E-state index in [9.17, 15) is 4.79 Å². The van der Waals surface area contributed by atoms with E-state index in [0.29, 0.717) is 5.92 Å². The number of likely N-dealkylation sites (N-methyl/N-ethyl adjacent to an activating group) is 1. The van der Waals surface area contributed by atoms with Gasteiger partial charge in [-0.15, -0.1) is 0 Å². The van der Waals surface area contributed by atoms with Gasteiger partial charge in [0.15, 0.2) is 0 Å². The van der Waals surface area contributed by atoms with Crippen molar-refractivity contribution in [3.63, 3.8) is 0 Å². The lowest BCUT2D eigenvalue weighted by molar-refractivity contribution is -0.143. The van der Waals surface area contributed by atoms with Crippen LogP contribution in [0.15, 0.2) is 0 Å². The maximum atomic E-state index is 11.0. The Kier molecular flexibility index (Phi) is 5.71. The van der Waals surface area contributed by atoms with Crippen LogP contribution in [0.1, 0.15) is 34.1 Å². The highest BCUT2D eigenvalue weighted by molar-refractivity contribution is 5.73. The quantitative estimate of drug-likeness (QED) is 0.689. The van der Waals surface area contributed by atoms with Crippen LogP contribution in [0.4, 0.5) is 0 Å². The van der Waals surface area contributed by atoms with Gasteiger partial charge in [0.2, 0.25) is 0 Å². The molecule has 0 bridgehead atoms. The zero-order valence-electron chi connectivity index (χ0n) is 9.08. The van der Waals surface area contributed by atoms with Crippen LogP contribution in [-0.2, 0) is 4.79 Å². The van der Waals surface area contributed by atoms with Gasteiger partial charge in [-0.05, 0) is 25.4 Å². The molecule has 0 spiro atoms. The van der Waals surface area contributed by atoms with Crippen molar-refractivity contribution < 1.29 is 9.90 Å². The summed E-state index contributed by atoms with van der Waals surface area (Å²) in [7, 11) is 0. The zero-order chi connectivity index (χ0) is 10.4. The number of carboxylic acids is 1. The molecular weight excluding hydrogens is 166 g/mol. The average Bonchev–Trinajstić information content (AvgIpc) is 2.04. The molecule has 0 aliphatic heterocycles. The summed E-state index contributed by atoms with van der Waals surface area (Å²) in [5.41, 5.74) is 0. The van der Waals surface area contributed by atoms with Crippen LogP contribution in [-0.4, -0.2) is 35.1 Å². The predicted octanol–water partition coefficient (Wildman–Crippen LogP) is 1.83. The Morgan fingerprint density at radius 3 is 2.00 bits per heavy atom. The van der Waals surface area contributed by atoms with Crippen LogP contribution in [0.25, 0.3) is 0 Å². The first-order chi connectivity index (χ1) is 6.02. The third-order valence-corrected chi connectivity index (χ3v) is 2.23. The summed E-state index contributed by atoms with van der Waals surface area (Å²) in [4.78, 5) is 12.9. The number of rotatable bonds is 6. The van der Waals surface area contributed by atoms with Gasteiger partial charge in [-0.2, -0.15) is 0 Å². The molecule has 0 saturated heterocycles. The van der Waals surface area contributed by atoms with Gasteiger partial charge in [-0.25, -0.2) is 0 Å². The lowest BCUT2D eigenvalue weighted by Crippen LogP contribution is -2.41. The molecule has 1 atom stereocenters. The van der Waals surface area contributed by atoms with Crippen LogP contribution < -0.4 is 0 Å². The largest absolute Gasteiger partial charge is 0.480 e. The van der Waals surface area contributed by atoms with Gasteiger partial charge in [-0.3, -0.25) is 9.69 Å². The summed E-state index contributed by atoms with van der Waals surface area (Å²) in [6, 6.07) is -0.310. The molecule has 1 N–H and O–H groups in total. The molecule has 0 rings (SSSR count). The van der Waals surface area contributed by atoms with Crippen LogP contribution in [0.3, 0.4) is 0 Å². The minimum absolute atomic E-state index is 0.310.